The van der Waals surface area contributed by atoms with Gasteiger partial charge >= 0.3 is 0 Å². The molecule has 1 aromatic heterocycles. The molecule has 0 bridgehead atoms. The number of halogens is 1. The van der Waals surface area contributed by atoms with Gasteiger partial charge in [-0.25, -0.2) is 0 Å². The van der Waals surface area contributed by atoms with Gasteiger partial charge in [-0.05, 0) is 30.2 Å². The Hall–Kier alpha value is -1.54. The fraction of sp³-hybridized carbons (Fsp3) is 0.0833. The molecule has 0 saturated carbocycles. The maximum Gasteiger partial charge on any atom is 0.0580 e. The molecule has 0 aliphatic carbocycles. The van der Waals surface area contributed by atoms with E-state index in [1.807, 2.05) is 31.2 Å². The third kappa shape index (κ3) is 1.95. The van der Waals surface area contributed by atoms with Crippen LogP contribution in [0.2, 0.25) is 5.02 Å². The van der Waals surface area contributed by atoms with Crippen molar-refractivity contribution in [2.75, 3.05) is 5.73 Å². The fourth-order valence-electron chi connectivity index (χ4n) is 1.43. The lowest BCUT2D eigenvalue weighted by Gasteiger charge is -2.06. The number of nitrogens with two attached hydrogens (primary N) is 1. The summed E-state index contributed by atoms with van der Waals surface area (Å²) >= 11 is 6.06. The Morgan fingerprint density at radius 1 is 1.27 bits per heavy atom. The van der Waals surface area contributed by atoms with Crippen molar-refractivity contribution in [1.82, 2.24) is 4.98 Å². The second-order valence-electron chi connectivity index (χ2n) is 3.43. The summed E-state index contributed by atoms with van der Waals surface area (Å²) in [6.45, 7) is 1.97. The highest BCUT2D eigenvalue weighted by Gasteiger charge is 2.03. The molecule has 0 fully saturated rings. The van der Waals surface area contributed by atoms with E-state index >= 15 is 0 Å². The number of hydrogen-bond donors (Lipinski definition) is 1. The molecule has 0 spiro atoms. The summed E-state index contributed by atoms with van der Waals surface area (Å²) in [5.74, 6) is 0. The Balaban J connectivity index is 2.55. The summed E-state index contributed by atoms with van der Waals surface area (Å²) in [7, 11) is 0. The Labute approximate surface area is 93.7 Å². The highest BCUT2D eigenvalue weighted by atomic mass is 35.5. The lowest BCUT2D eigenvalue weighted by atomic mass is 10.0. The van der Waals surface area contributed by atoms with Crippen molar-refractivity contribution in [3.63, 3.8) is 0 Å². The molecule has 0 aliphatic heterocycles. The van der Waals surface area contributed by atoms with Crippen LogP contribution in [-0.4, -0.2) is 4.98 Å². The molecule has 2 nitrogen and oxygen atoms in total. The highest BCUT2D eigenvalue weighted by Crippen LogP contribution is 2.28. The van der Waals surface area contributed by atoms with Gasteiger partial charge in [0.05, 0.1) is 11.9 Å². The van der Waals surface area contributed by atoms with Gasteiger partial charge in [0.1, 0.15) is 0 Å². The number of pyridine rings is 1. The van der Waals surface area contributed by atoms with E-state index in [4.69, 9.17) is 17.3 Å². The number of aryl methyl sites for hydroxylation is 1. The zero-order valence-electron chi connectivity index (χ0n) is 8.37. The van der Waals surface area contributed by atoms with Gasteiger partial charge in [0.15, 0.2) is 0 Å². The third-order valence-corrected chi connectivity index (χ3v) is 2.74. The van der Waals surface area contributed by atoms with Gasteiger partial charge in [-0.2, -0.15) is 0 Å². The van der Waals surface area contributed by atoms with Gasteiger partial charge in [0, 0.05) is 16.8 Å². The van der Waals surface area contributed by atoms with Crippen LogP contribution in [0.3, 0.4) is 0 Å². The van der Waals surface area contributed by atoms with Crippen molar-refractivity contribution >= 4 is 17.3 Å². The monoisotopic (exact) mass is 218 g/mol. The van der Waals surface area contributed by atoms with Crippen molar-refractivity contribution in [1.29, 1.82) is 0 Å². The first-order valence-electron chi connectivity index (χ1n) is 4.64. The first-order chi connectivity index (χ1) is 7.18. The average Bonchev–Trinajstić information content (AvgIpc) is 2.23. The molecule has 0 amide bonds. The van der Waals surface area contributed by atoms with E-state index in [-0.39, 0.29) is 0 Å². The molecule has 0 unspecified atom stereocenters. The van der Waals surface area contributed by atoms with Crippen molar-refractivity contribution in [3.8, 4) is 11.1 Å². The molecule has 2 aromatic rings. The van der Waals surface area contributed by atoms with Crippen molar-refractivity contribution in [2.24, 2.45) is 0 Å². The van der Waals surface area contributed by atoms with Gasteiger partial charge in [-0.3, -0.25) is 4.98 Å². The molecule has 1 aromatic carbocycles. The number of hydrogen-bond acceptors (Lipinski definition) is 2. The summed E-state index contributed by atoms with van der Waals surface area (Å²) < 4.78 is 0. The van der Waals surface area contributed by atoms with E-state index in [2.05, 4.69) is 4.98 Å². The van der Waals surface area contributed by atoms with E-state index in [1.54, 1.807) is 12.4 Å². The first-order valence-corrected chi connectivity index (χ1v) is 5.02. The summed E-state index contributed by atoms with van der Waals surface area (Å²) in [4.78, 5) is 3.95. The zero-order valence-corrected chi connectivity index (χ0v) is 9.12. The van der Waals surface area contributed by atoms with Crippen LogP contribution in [0.25, 0.3) is 11.1 Å². The van der Waals surface area contributed by atoms with Crippen molar-refractivity contribution in [3.05, 3.63) is 47.2 Å². The molecule has 2 N–H and O–H groups in total. The van der Waals surface area contributed by atoms with Crippen LogP contribution in [0.1, 0.15) is 5.56 Å². The smallest absolute Gasteiger partial charge is 0.0580 e. The number of nitrogens with zero attached hydrogens (tertiary/aromatic N) is 1. The summed E-state index contributed by atoms with van der Waals surface area (Å²) in [6, 6.07) is 7.79. The Morgan fingerprint density at radius 3 is 2.73 bits per heavy atom. The highest BCUT2D eigenvalue weighted by molar-refractivity contribution is 6.31. The van der Waals surface area contributed by atoms with E-state index < -0.39 is 0 Å². The van der Waals surface area contributed by atoms with Crippen LogP contribution in [0.4, 0.5) is 5.69 Å². The molecular formula is C12H11ClN2. The maximum absolute atomic E-state index is 6.06. The van der Waals surface area contributed by atoms with Crippen LogP contribution >= 0.6 is 11.6 Å². The number of benzene rings is 1. The SMILES string of the molecule is Cc1ccc(-c2ccncc2N)cc1Cl. The van der Waals surface area contributed by atoms with E-state index in [0.29, 0.717) is 5.69 Å². The number of rotatable bonds is 1. The van der Waals surface area contributed by atoms with Gasteiger partial charge in [0.2, 0.25) is 0 Å². The molecule has 76 valence electrons. The van der Waals surface area contributed by atoms with Crippen LogP contribution < -0.4 is 5.73 Å². The Kier molecular flexibility index (Phi) is 2.60. The maximum atomic E-state index is 6.06. The summed E-state index contributed by atoms with van der Waals surface area (Å²) in [5, 5.41) is 0.753. The lowest BCUT2D eigenvalue weighted by Crippen LogP contribution is -1.91. The van der Waals surface area contributed by atoms with Crippen LogP contribution in [0, 0.1) is 6.92 Å². The van der Waals surface area contributed by atoms with Gasteiger partial charge in [-0.15, -0.1) is 0 Å². The minimum Gasteiger partial charge on any atom is -0.397 e. The largest absolute Gasteiger partial charge is 0.397 e. The number of nitrogen functional groups attached to an aromatic ring is 1. The molecule has 0 aliphatic rings. The standard InChI is InChI=1S/C12H11ClN2/c1-8-2-3-9(6-11(8)13)10-4-5-15-7-12(10)14/h2-7H,14H2,1H3. The Morgan fingerprint density at radius 2 is 2.07 bits per heavy atom. The number of anilines is 1. The van der Waals surface area contributed by atoms with E-state index in [9.17, 15) is 0 Å². The van der Waals surface area contributed by atoms with Crippen molar-refractivity contribution in [2.45, 2.75) is 6.92 Å². The van der Waals surface area contributed by atoms with Crippen LogP contribution in [-0.2, 0) is 0 Å². The molecule has 3 heteroatoms. The molecule has 15 heavy (non-hydrogen) atoms. The number of aromatic nitrogens is 1. The molecule has 0 atom stereocenters. The third-order valence-electron chi connectivity index (χ3n) is 2.33. The van der Waals surface area contributed by atoms with Crippen LogP contribution in [0.15, 0.2) is 36.7 Å². The predicted molar refractivity (Wildman–Crippen MR) is 63.8 cm³/mol. The quantitative estimate of drug-likeness (QED) is 0.798. The zero-order chi connectivity index (χ0) is 10.8. The Bertz CT molecular complexity index is 495. The predicted octanol–water partition coefficient (Wildman–Crippen LogP) is 3.29. The molecule has 0 radical (unpaired) electrons. The summed E-state index contributed by atoms with van der Waals surface area (Å²) in [5.41, 5.74) is 9.55. The van der Waals surface area contributed by atoms with E-state index in [0.717, 1.165) is 21.7 Å². The molecular weight excluding hydrogens is 208 g/mol. The normalized spacial score (nSPS) is 10.3. The average molecular weight is 219 g/mol. The van der Waals surface area contributed by atoms with Gasteiger partial charge < -0.3 is 5.73 Å². The summed E-state index contributed by atoms with van der Waals surface area (Å²) in [6.07, 6.45) is 3.36. The first kappa shape index (κ1) is 9.99. The van der Waals surface area contributed by atoms with Gasteiger partial charge in [-0.1, -0.05) is 23.7 Å². The lowest BCUT2D eigenvalue weighted by molar-refractivity contribution is 1.33. The molecule has 0 saturated heterocycles. The molecule has 1 heterocycles. The topological polar surface area (TPSA) is 38.9 Å². The second-order valence-corrected chi connectivity index (χ2v) is 3.83. The van der Waals surface area contributed by atoms with Crippen molar-refractivity contribution < 1.29 is 0 Å². The minimum atomic E-state index is 0.664. The van der Waals surface area contributed by atoms with E-state index in [1.165, 1.54) is 0 Å². The van der Waals surface area contributed by atoms with Gasteiger partial charge in [0.25, 0.3) is 0 Å². The molecule has 2 rings (SSSR count). The second kappa shape index (κ2) is 3.91. The fourth-order valence-corrected chi connectivity index (χ4v) is 1.61. The van der Waals surface area contributed by atoms with Crippen LogP contribution in [0.5, 0.6) is 0 Å². The minimum absolute atomic E-state index is 0.664.